The first kappa shape index (κ1) is 67.3. The Morgan fingerprint density at radius 3 is 1.01 bits per heavy atom. The highest BCUT2D eigenvalue weighted by atomic mass is 15.0. The van der Waals surface area contributed by atoms with Crippen LogP contribution in [0.1, 0.15) is 0 Å². The van der Waals surface area contributed by atoms with E-state index < -0.39 is 0 Å². The predicted octanol–water partition coefficient (Wildman–Crippen LogP) is 27.8. The summed E-state index contributed by atoms with van der Waals surface area (Å²) in [6.45, 7) is 0. The number of hydrogen-bond donors (Lipinski definition) is 0. The zero-order valence-electron chi connectivity index (χ0n) is 63.0. The molecule has 0 unspecified atom stereocenters. The fraction of sp³-hybridized carbons (Fsp3) is 0. The highest BCUT2D eigenvalue weighted by molar-refractivity contribution is 6.28. The number of pyridine rings is 1. The van der Waals surface area contributed by atoms with Gasteiger partial charge in [-0.3, -0.25) is 0 Å². The quantitative estimate of drug-likeness (QED) is 0.122. The highest BCUT2D eigenvalue weighted by Gasteiger charge is 2.25. The van der Waals surface area contributed by atoms with Crippen molar-refractivity contribution in [3.8, 4) is 113 Å². The summed E-state index contributed by atoms with van der Waals surface area (Å²) in [6, 6.07) is 151. The van der Waals surface area contributed by atoms with E-state index in [4.69, 9.17) is 19.9 Å². The molecule has 6 aromatic heterocycles. The van der Waals surface area contributed by atoms with Crippen LogP contribution in [0.4, 0.5) is 0 Å². The van der Waals surface area contributed by atoms with Crippen LogP contribution in [0.15, 0.2) is 425 Å². The van der Waals surface area contributed by atoms with E-state index >= 15 is 0 Å². The summed E-state index contributed by atoms with van der Waals surface area (Å²) in [5, 5.41) is 12.3. The Morgan fingerprint density at radius 2 is 0.500 bits per heavy atom. The SMILES string of the molecule is c1ccc(-c2cccc(-c3nc(-c4ccccc4)nc(-c4ccc(-n5c6ccccc6c6c5ccc5c7ccccc7n(-c7ccc8ccccc8c7)c56)cc4)n3)c2)cc1.c1ccc(-c2cccc(-n3c4ccccc4c4ccc5c(c6ccccc6n5-c5ccc(-c6cc(-c7ccccc7)cc(-c7ccccc7)n6)cc5)c43)c2)cc1. The van der Waals surface area contributed by atoms with Crippen LogP contribution >= 0.6 is 0 Å². The molecule has 0 bridgehead atoms. The lowest BCUT2D eigenvalue weighted by Gasteiger charge is -2.13. The summed E-state index contributed by atoms with van der Waals surface area (Å²) in [5.74, 6) is 1.89. The molecule has 6 heterocycles. The van der Waals surface area contributed by atoms with E-state index in [1.165, 1.54) is 104 Å². The topological polar surface area (TPSA) is 71.3 Å². The number of fused-ring (bicyclic) bond motifs is 15. The maximum atomic E-state index is 5.20. The van der Waals surface area contributed by atoms with Crippen LogP contribution in [0, 0.1) is 0 Å². The Hall–Kier alpha value is -15.6. The summed E-state index contributed by atoms with van der Waals surface area (Å²) < 4.78 is 9.73. The van der Waals surface area contributed by atoms with E-state index in [2.05, 4.69) is 400 Å². The van der Waals surface area contributed by atoms with Crippen LogP contribution in [0.3, 0.4) is 0 Å². The van der Waals surface area contributed by atoms with Crippen molar-refractivity contribution >= 4 is 98.0 Å². The molecule has 17 aromatic carbocycles. The van der Waals surface area contributed by atoms with Crippen LogP contribution in [0.2, 0.25) is 0 Å². The number of nitrogens with zero attached hydrogens (tertiary/aromatic N) is 8. The average molecular weight is 1480 g/mol. The van der Waals surface area contributed by atoms with Gasteiger partial charge in [0.2, 0.25) is 0 Å². The molecular weight excluding hydrogens is 1410 g/mol. The summed E-state index contributed by atoms with van der Waals surface area (Å²) in [6.07, 6.45) is 0. The van der Waals surface area contributed by atoms with Crippen molar-refractivity contribution in [3.63, 3.8) is 0 Å². The van der Waals surface area contributed by atoms with Crippen molar-refractivity contribution in [2.75, 3.05) is 0 Å². The molecule has 0 N–H and O–H groups in total. The second-order valence-electron chi connectivity index (χ2n) is 29.6. The second-order valence-corrected chi connectivity index (χ2v) is 29.6. The minimum atomic E-state index is 0.624. The van der Waals surface area contributed by atoms with Crippen LogP contribution < -0.4 is 0 Å². The standard InChI is InChI=1S/C55H35N5.C53H35N3/c1-3-14-36(15-4-1)40-20-13-21-42(34-40)55-57-53(38-17-5-2-6-18-38)56-54(58-55)39-27-29-43(30-28-39)59-49-25-12-10-23-47(49)51-50(59)33-32-46-45-22-9-11-24-48(45)60(52(46)51)44-31-26-37-16-7-8-19-41(37)35-44;1-4-15-36(16-5-1)40-21-14-22-43(33-40)56-49-25-12-10-23-44(49)45-31-32-51-52(53(45)56)46-24-11-13-26-50(46)55(51)42-29-27-39(28-30-42)48-35-41(37-17-6-2-7-18-37)34-47(54-48)38-19-8-3-9-20-38/h1-35H;1-35H. The molecule has 542 valence electrons. The molecule has 8 nitrogen and oxygen atoms in total. The number of rotatable bonds is 12. The summed E-state index contributed by atoms with van der Waals surface area (Å²) in [4.78, 5) is 20.4. The molecule has 0 radical (unpaired) electrons. The number of benzene rings is 17. The van der Waals surface area contributed by atoms with Crippen LogP contribution in [0.25, 0.3) is 211 Å². The Morgan fingerprint density at radius 1 is 0.155 bits per heavy atom. The molecule has 0 fully saturated rings. The summed E-state index contributed by atoms with van der Waals surface area (Å²) in [5.41, 5.74) is 27.8. The van der Waals surface area contributed by atoms with E-state index in [0.29, 0.717) is 17.5 Å². The minimum Gasteiger partial charge on any atom is -0.309 e. The van der Waals surface area contributed by atoms with Crippen molar-refractivity contribution in [1.82, 2.24) is 38.2 Å². The lowest BCUT2D eigenvalue weighted by molar-refractivity contribution is 1.07. The van der Waals surface area contributed by atoms with Gasteiger partial charge in [0, 0.05) is 93.7 Å². The fourth-order valence-electron chi connectivity index (χ4n) is 17.5. The average Bonchev–Trinajstić information content (AvgIpc) is 1.55. The third kappa shape index (κ3) is 11.7. The highest BCUT2D eigenvalue weighted by Crippen LogP contribution is 2.46. The van der Waals surface area contributed by atoms with Gasteiger partial charge in [-0.15, -0.1) is 0 Å². The first-order valence-electron chi connectivity index (χ1n) is 39.4. The molecule has 23 aromatic rings. The molecule has 0 aliphatic heterocycles. The Balaban J connectivity index is 0.000000141. The van der Waals surface area contributed by atoms with E-state index in [-0.39, 0.29) is 0 Å². The monoisotopic (exact) mass is 1480 g/mol. The van der Waals surface area contributed by atoms with Gasteiger partial charge in [-0.05, 0) is 159 Å². The van der Waals surface area contributed by atoms with Gasteiger partial charge in [-0.2, -0.15) is 0 Å². The lowest BCUT2D eigenvalue weighted by atomic mass is 10.00. The van der Waals surface area contributed by atoms with Crippen molar-refractivity contribution < 1.29 is 0 Å². The van der Waals surface area contributed by atoms with Gasteiger partial charge in [-0.1, -0.05) is 309 Å². The van der Waals surface area contributed by atoms with Crippen LogP contribution in [-0.4, -0.2) is 38.2 Å². The molecule has 23 rings (SSSR count). The summed E-state index contributed by atoms with van der Waals surface area (Å²) >= 11 is 0. The van der Waals surface area contributed by atoms with Crippen molar-refractivity contribution in [3.05, 3.63) is 425 Å². The van der Waals surface area contributed by atoms with Gasteiger partial charge in [0.25, 0.3) is 0 Å². The third-order valence-corrected chi connectivity index (χ3v) is 22.8. The van der Waals surface area contributed by atoms with Gasteiger partial charge < -0.3 is 18.3 Å². The molecule has 0 amide bonds. The number of para-hydroxylation sites is 4. The smallest absolute Gasteiger partial charge is 0.164 e. The Bertz CT molecular complexity index is 7660. The van der Waals surface area contributed by atoms with Gasteiger partial charge in [-0.25, -0.2) is 19.9 Å². The van der Waals surface area contributed by atoms with E-state index in [0.717, 1.165) is 89.7 Å². The van der Waals surface area contributed by atoms with Gasteiger partial charge >= 0.3 is 0 Å². The molecule has 0 aliphatic carbocycles. The Labute approximate surface area is 669 Å². The van der Waals surface area contributed by atoms with E-state index in [9.17, 15) is 0 Å². The number of aromatic nitrogens is 8. The molecule has 0 spiro atoms. The third-order valence-electron chi connectivity index (χ3n) is 22.8. The van der Waals surface area contributed by atoms with Crippen LogP contribution in [0.5, 0.6) is 0 Å². The van der Waals surface area contributed by atoms with Crippen molar-refractivity contribution in [1.29, 1.82) is 0 Å². The Kier molecular flexibility index (Phi) is 16.4. The lowest BCUT2D eigenvalue weighted by Crippen LogP contribution is -2.00. The second kappa shape index (κ2) is 28.3. The molecule has 0 aliphatic rings. The molecule has 0 saturated carbocycles. The molecule has 0 saturated heterocycles. The molecular formula is C108H70N8. The van der Waals surface area contributed by atoms with Gasteiger partial charge in [0.05, 0.1) is 55.5 Å². The first-order chi connectivity index (χ1) is 57.5. The van der Waals surface area contributed by atoms with Crippen molar-refractivity contribution in [2.45, 2.75) is 0 Å². The zero-order valence-corrected chi connectivity index (χ0v) is 63.0. The normalized spacial score (nSPS) is 11.6. The van der Waals surface area contributed by atoms with E-state index in [1.54, 1.807) is 0 Å². The predicted molar refractivity (Wildman–Crippen MR) is 482 cm³/mol. The van der Waals surface area contributed by atoms with Crippen LogP contribution in [-0.2, 0) is 0 Å². The van der Waals surface area contributed by atoms with E-state index in [1.807, 2.05) is 42.5 Å². The van der Waals surface area contributed by atoms with Gasteiger partial charge in [0.15, 0.2) is 17.5 Å². The number of hydrogen-bond acceptors (Lipinski definition) is 4. The summed E-state index contributed by atoms with van der Waals surface area (Å²) in [7, 11) is 0. The van der Waals surface area contributed by atoms with Gasteiger partial charge in [0.1, 0.15) is 0 Å². The molecule has 116 heavy (non-hydrogen) atoms. The molecule has 8 heteroatoms. The fourth-order valence-corrected chi connectivity index (χ4v) is 17.5. The maximum absolute atomic E-state index is 5.20. The largest absolute Gasteiger partial charge is 0.309 e. The molecule has 0 atom stereocenters. The van der Waals surface area contributed by atoms with Crippen molar-refractivity contribution in [2.24, 2.45) is 0 Å². The first-order valence-corrected chi connectivity index (χ1v) is 39.4. The maximum Gasteiger partial charge on any atom is 0.164 e. The zero-order chi connectivity index (χ0) is 76.6. The minimum absolute atomic E-state index is 0.624.